The van der Waals surface area contributed by atoms with Gasteiger partial charge in [0.15, 0.2) is 0 Å². The highest BCUT2D eigenvalue weighted by molar-refractivity contribution is 7.90. The summed E-state index contributed by atoms with van der Waals surface area (Å²) < 4.78 is 27.3. The Labute approximate surface area is 173 Å². The Balaban J connectivity index is 1.84. The summed E-state index contributed by atoms with van der Waals surface area (Å²) in [6, 6.07) is 7.35. The number of carbonyl (C=O) groups excluding carboxylic acids is 1. The lowest BCUT2D eigenvalue weighted by Gasteiger charge is -2.44. The van der Waals surface area contributed by atoms with Crippen LogP contribution in [-0.4, -0.2) is 37.1 Å². The standard InChI is InChI=1S/C21H29ClN2O3S/c1-3-5-16-8-13-20(15-6-9-17(22)10-7-15)24(21(16)25)18(4-2)14-23-28(26,27)19-11-12-19/h3,6-7,9-10,16,18-20,23H,1,4-5,8,11-14H2,2H3. The Kier molecular flexibility index (Phi) is 6.84. The highest BCUT2D eigenvalue weighted by atomic mass is 35.5. The number of likely N-dealkylation sites (tertiary alicyclic amines) is 1. The van der Waals surface area contributed by atoms with Crippen molar-refractivity contribution < 1.29 is 13.2 Å². The Morgan fingerprint density at radius 3 is 2.50 bits per heavy atom. The van der Waals surface area contributed by atoms with Gasteiger partial charge in [-0.3, -0.25) is 4.79 Å². The predicted molar refractivity (Wildman–Crippen MR) is 113 cm³/mol. The summed E-state index contributed by atoms with van der Waals surface area (Å²) in [4.78, 5) is 15.2. The van der Waals surface area contributed by atoms with Gasteiger partial charge < -0.3 is 4.90 Å². The van der Waals surface area contributed by atoms with Gasteiger partial charge in [0.2, 0.25) is 15.9 Å². The third-order valence-electron chi connectivity index (χ3n) is 5.78. The number of nitrogens with one attached hydrogen (secondary N) is 1. The summed E-state index contributed by atoms with van der Waals surface area (Å²) in [6.07, 6.45) is 6.22. The van der Waals surface area contributed by atoms with E-state index in [9.17, 15) is 13.2 Å². The van der Waals surface area contributed by atoms with Gasteiger partial charge in [-0.2, -0.15) is 0 Å². The number of hydrogen-bond donors (Lipinski definition) is 1. The van der Waals surface area contributed by atoms with Gasteiger partial charge in [-0.05, 0) is 56.2 Å². The zero-order chi connectivity index (χ0) is 20.3. The molecule has 1 aliphatic heterocycles. The quantitative estimate of drug-likeness (QED) is 0.608. The first kappa shape index (κ1) is 21.3. The van der Waals surface area contributed by atoms with Crippen LogP contribution in [0.3, 0.4) is 0 Å². The average molecular weight is 425 g/mol. The fraction of sp³-hybridized carbons (Fsp3) is 0.571. The number of allylic oxidation sites excluding steroid dienone is 1. The van der Waals surface area contributed by atoms with E-state index in [0.717, 1.165) is 31.2 Å². The Morgan fingerprint density at radius 1 is 1.25 bits per heavy atom. The first-order valence-corrected chi connectivity index (χ1v) is 12.0. The average Bonchev–Trinajstić information content (AvgIpc) is 3.52. The fourth-order valence-electron chi connectivity index (χ4n) is 4.00. The third-order valence-corrected chi connectivity index (χ3v) is 7.95. The number of nitrogens with zero attached hydrogens (tertiary/aromatic N) is 1. The number of rotatable bonds is 9. The monoisotopic (exact) mass is 424 g/mol. The molecular weight excluding hydrogens is 396 g/mol. The molecule has 3 unspecified atom stereocenters. The van der Waals surface area contributed by atoms with E-state index in [4.69, 9.17) is 11.6 Å². The number of carbonyl (C=O) groups is 1. The van der Waals surface area contributed by atoms with Crippen molar-refractivity contribution in [3.8, 4) is 0 Å². The molecule has 154 valence electrons. The zero-order valence-corrected chi connectivity index (χ0v) is 17.9. The molecule has 1 aromatic rings. The highest BCUT2D eigenvalue weighted by Gasteiger charge is 2.40. The summed E-state index contributed by atoms with van der Waals surface area (Å²) in [5.41, 5.74) is 1.04. The molecule has 3 rings (SSSR count). The second kappa shape index (κ2) is 8.97. The van der Waals surface area contributed by atoms with Crippen molar-refractivity contribution in [1.82, 2.24) is 9.62 Å². The molecule has 1 heterocycles. The van der Waals surface area contributed by atoms with Crippen LogP contribution in [0.4, 0.5) is 0 Å². The van der Waals surface area contributed by atoms with E-state index in [-0.39, 0.29) is 35.7 Å². The maximum atomic E-state index is 13.3. The molecule has 1 aromatic carbocycles. The van der Waals surface area contributed by atoms with E-state index in [1.54, 1.807) is 6.08 Å². The number of amides is 1. The molecule has 2 fully saturated rings. The molecule has 5 nitrogen and oxygen atoms in total. The minimum atomic E-state index is -3.28. The van der Waals surface area contributed by atoms with Crippen molar-refractivity contribution in [3.63, 3.8) is 0 Å². The van der Waals surface area contributed by atoms with E-state index >= 15 is 0 Å². The van der Waals surface area contributed by atoms with Crippen molar-refractivity contribution >= 4 is 27.5 Å². The number of piperidine rings is 1. The van der Waals surface area contributed by atoms with Gasteiger partial charge in [0.1, 0.15) is 0 Å². The van der Waals surface area contributed by atoms with Crippen LogP contribution in [0.5, 0.6) is 0 Å². The lowest BCUT2D eigenvalue weighted by Crippen LogP contribution is -2.52. The lowest BCUT2D eigenvalue weighted by molar-refractivity contribution is -0.145. The zero-order valence-electron chi connectivity index (χ0n) is 16.3. The largest absolute Gasteiger partial charge is 0.331 e. The summed E-state index contributed by atoms with van der Waals surface area (Å²) >= 11 is 6.04. The van der Waals surface area contributed by atoms with E-state index in [2.05, 4.69) is 11.3 Å². The molecule has 1 amide bonds. The molecule has 28 heavy (non-hydrogen) atoms. The number of sulfonamides is 1. The van der Waals surface area contributed by atoms with E-state index in [1.165, 1.54) is 0 Å². The van der Waals surface area contributed by atoms with Crippen LogP contribution in [-0.2, 0) is 14.8 Å². The molecule has 0 radical (unpaired) electrons. The van der Waals surface area contributed by atoms with Gasteiger partial charge in [0.25, 0.3) is 0 Å². The van der Waals surface area contributed by atoms with Gasteiger partial charge in [-0.15, -0.1) is 6.58 Å². The van der Waals surface area contributed by atoms with Crippen LogP contribution in [0.2, 0.25) is 5.02 Å². The minimum absolute atomic E-state index is 0.0683. The molecule has 0 aromatic heterocycles. The van der Waals surface area contributed by atoms with Crippen LogP contribution in [0, 0.1) is 5.92 Å². The van der Waals surface area contributed by atoms with E-state index < -0.39 is 10.0 Å². The normalized spacial score (nSPS) is 24.2. The molecule has 1 aliphatic carbocycles. The van der Waals surface area contributed by atoms with Crippen molar-refractivity contribution in [3.05, 3.63) is 47.5 Å². The van der Waals surface area contributed by atoms with Gasteiger partial charge in [0, 0.05) is 23.5 Å². The summed E-state index contributed by atoms with van der Waals surface area (Å²) in [7, 11) is -3.28. The van der Waals surface area contributed by atoms with Crippen LogP contribution in [0.25, 0.3) is 0 Å². The van der Waals surface area contributed by atoms with E-state index in [0.29, 0.717) is 17.9 Å². The summed E-state index contributed by atoms with van der Waals surface area (Å²) in [5, 5.41) is 0.397. The minimum Gasteiger partial charge on any atom is -0.331 e. The van der Waals surface area contributed by atoms with Crippen LogP contribution < -0.4 is 4.72 Å². The van der Waals surface area contributed by atoms with Crippen molar-refractivity contribution in [1.29, 1.82) is 0 Å². The molecule has 7 heteroatoms. The second-order valence-electron chi connectivity index (χ2n) is 7.77. The molecule has 0 spiro atoms. The highest BCUT2D eigenvalue weighted by Crippen LogP contribution is 2.38. The molecule has 1 N–H and O–H groups in total. The van der Waals surface area contributed by atoms with E-state index in [1.807, 2.05) is 36.1 Å². The van der Waals surface area contributed by atoms with Crippen LogP contribution >= 0.6 is 11.6 Å². The van der Waals surface area contributed by atoms with Gasteiger partial charge in [0.05, 0.1) is 11.3 Å². The molecule has 3 atom stereocenters. The number of halogens is 1. The molecule has 2 aliphatic rings. The molecule has 1 saturated carbocycles. The van der Waals surface area contributed by atoms with Gasteiger partial charge in [-0.1, -0.05) is 36.7 Å². The molecule has 0 bridgehead atoms. The van der Waals surface area contributed by atoms with Crippen molar-refractivity contribution in [2.24, 2.45) is 5.92 Å². The topological polar surface area (TPSA) is 66.5 Å². The maximum Gasteiger partial charge on any atom is 0.226 e. The number of benzene rings is 1. The Hall–Kier alpha value is -1.37. The molecular formula is C21H29ClN2O3S. The van der Waals surface area contributed by atoms with Crippen LogP contribution in [0.15, 0.2) is 36.9 Å². The van der Waals surface area contributed by atoms with Gasteiger partial charge >= 0.3 is 0 Å². The first-order valence-electron chi connectivity index (χ1n) is 10.0. The Bertz CT molecular complexity index is 805. The third kappa shape index (κ3) is 4.78. The summed E-state index contributed by atoms with van der Waals surface area (Å²) in [5.74, 6) is -0.00120. The first-order chi connectivity index (χ1) is 13.4. The lowest BCUT2D eigenvalue weighted by atomic mass is 9.85. The predicted octanol–water partition coefficient (Wildman–Crippen LogP) is 4.06. The SMILES string of the molecule is C=CCC1CCC(c2ccc(Cl)cc2)N(C(CC)CNS(=O)(=O)C2CC2)C1=O. The smallest absolute Gasteiger partial charge is 0.226 e. The Morgan fingerprint density at radius 2 is 1.93 bits per heavy atom. The fourth-order valence-corrected chi connectivity index (χ4v) is 5.54. The number of hydrogen-bond acceptors (Lipinski definition) is 3. The van der Waals surface area contributed by atoms with Gasteiger partial charge in [-0.25, -0.2) is 13.1 Å². The maximum absolute atomic E-state index is 13.3. The van der Waals surface area contributed by atoms with Crippen LogP contribution in [0.1, 0.15) is 57.1 Å². The second-order valence-corrected chi connectivity index (χ2v) is 10.2. The molecule has 1 saturated heterocycles. The van der Waals surface area contributed by atoms with Crippen molar-refractivity contribution in [2.45, 2.75) is 62.8 Å². The van der Waals surface area contributed by atoms with Crippen molar-refractivity contribution in [2.75, 3.05) is 6.54 Å². The summed E-state index contributed by atoms with van der Waals surface area (Å²) in [6.45, 7) is 6.04.